The van der Waals surface area contributed by atoms with Crippen molar-refractivity contribution < 1.29 is 19.2 Å². The van der Waals surface area contributed by atoms with E-state index in [1.807, 2.05) is 22.6 Å². The topological polar surface area (TPSA) is 83.6 Å². The molecule has 1 aliphatic rings. The number of benzene rings is 2. The van der Waals surface area contributed by atoms with Gasteiger partial charge in [0.15, 0.2) is 5.41 Å². The Bertz CT molecular complexity index is 913. The number of carbonyl (C=O) groups is 4. The molecular formula is C19H15IN2O4. The molecule has 26 heavy (non-hydrogen) atoms. The molecule has 3 rings (SSSR count). The highest BCUT2D eigenvalue weighted by molar-refractivity contribution is 14.1. The van der Waals surface area contributed by atoms with Crippen LogP contribution >= 0.6 is 22.6 Å². The van der Waals surface area contributed by atoms with E-state index in [4.69, 9.17) is 0 Å². The SMILES string of the molecule is CC[C@]1(c2ccccc2)C(=O)NC(=O)N(C(=O)c2ccccc2I)C1=O. The standard InChI is InChI=1S/C19H15IN2O4/c1-2-19(12-8-4-3-5-9-12)16(24)21-18(26)22(17(19)25)15(23)13-10-6-7-11-14(13)20/h3-11H,2H2,1H3,(H,21,24,26)/t19-/m0/s1. The van der Waals surface area contributed by atoms with Crippen molar-refractivity contribution in [3.05, 3.63) is 69.3 Å². The molecule has 0 saturated carbocycles. The Kier molecular flexibility index (Phi) is 4.90. The van der Waals surface area contributed by atoms with E-state index in [-0.39, 0.29) is 12.0 Å². The van der Waals surface area contributed by atoms with E-state index >= 15 is 0 Å². The molecule has 2 aromatic carbocycles. The lowest BCUT2D eigenvalue weighted by Gasteiger charge is -2.38. The molecule has 7 heteroatoms. The zero-order chi connectivity index (χ0) is 18.9. The molecule has 132 valence electrons. The van der Waals surface area contributed by atoms with E-state index in [1.54, 1.807) is 55.5 Å². The number of nitrogens with one attached hydrogen (secondary N) is 1. The minimum Gasteiger partial charge on any atom is -0.276 e. The van der Waals surface area contributed by atoms with Crippen LogP contribution in [0.4, 0.5) is 4.79 Å². The van der Waals surface area contributed by atoms with E-state index in [0.717, 1.165) is 0 Å². The summed E-state index contributed by atoms with van der Waals surface area (Å²) in [6.45, 7) is 1.68. The molecule has 0 aliphatic carbocycles. The fraction of sp³-hybridized carbons (Fsp3) is 0.158. The van der Waals surface area contributed by atoms with Crippen LogP contribution in [0.3, 0.4) is 0 Å². The summed E-state index contributed by atoms with van der Waals surface area (Å²) in [5.74, 6) is -2.30. The van der Waals surface area contributed by atoms with E-state index in [0.29, 0.717) is 14.0 Å². The van der Waals surface area contributed by atoms with Gasteiger partial charge in [0, 0.05) is 3.57 Å². The summed E-state index contributed by atoms with van der Waals surface area (Å²) in [6, 6.07) is 14.1. The van der Waals surface area contributed by atoms with Crippen molar-refractivity contribution >= 4 is 46.3 Å². The van der Waals surface area contributed by atoms with Crippen molar-refractivity contribution in [2.24, 2.45) is 0 Å². The lowest BCUT2D eigenvalue weighted by Crippen LogP contribution is -2.67. The number of carbonyl (C=O) groups excluding carboxylic acids is 4. The van der Waals surface area contributed by atoms with Crippen LogP contribution in [0.2, 0.25) is 0 Å². The number of barbiturate groups is 1. The molecule has 1 saturated heterocycles. The van der Waals surface area contributed by atoms with Crippen LogP contribution in [0.25, 0.3) is 0 Å². The highest BCUT2D eigenvalue weighted by atomic mass is 127. The lowest BCUT2D eigenvalue weighted by atomic mass is 9.74. The van der Waals surface area contributed by atoms with Crippen molar-refractivity contribution in [1.82, 2.24) is 10.2 Å². The predicted molar refractivity (Wildman–Crippen MR) is 102 cm³/mol. The molecule has 2 aromatic rings. The van der Waals surface area contributed by atoms with E-state index < -0.39 is 29.2 Å². The van der Waals surface area contributed by atoms with Gasteiger partial charge in [-0.1, -0.05) is 49.4 Å². The van der Waals surface area contributed by atoms with Crippen molar-refractivity contribution in [1.29, 1.82) is 0 Å². The Morgan fingerprint density at radius 1 is 1.04 bits per heavy atom. The summed E-state index contributed by atoms with van der Waals surface area (Å²) in [5, 5.41) is 2.17. The number of hydrogen-bond donors (Lipinski definition) is 1. The minimum absolute atomic E-state index is 0.116. The van der Waals surface area contributed by atoms with Crippen LogP contribution < -0.4 is 5.32 Å². The molecule has 0 bridgehead atoms. The Morgan fingerprint density at radius 3 is 2.27 bits per heavy atom. The highest BCUT2D eigenvalue weighted by Crippen LogP contribution is 2.34. The molecule has 1 N–H and O–H groups in total. The summed E-state index contributed by atoms with van der Waals surface area (Å²) < 4.78 is 0.606. The van der Waals surface area contributed by atoms with Gasteiger partial charge in [-0.05, 0) is 46.7 Å². The molecule has 0 spiro atoms. The maximum absolute atomic E-state index is 13.2. The number of amides is 5. The van der Waals surface area contributed by atoms with Crippen molar-refractivity contribution in [3.63, 3.8) is 0 Å². The van der Waals surface area contributed by atoms with E-state index in [1.165, 1.54) is 6.07 Å². The summed E-state index contributed by atoms with van der Waals surface area (Å²) in [6.07, 6.45) is 0.116. The van der Waals surface area contributed by atoms with Gasteiger partial charge in [-0.25, -0.2) is 4.79 Å². The van der Waals surface area contributed by atoms with Crippen LogP contribution in [0, 0.1) is 3.57 Å². The second-order valence-electron chi connectivity index (χ2n) is 5.81. The normalized spacial score (nSPS) is 20.1. The van der Waals surface area contributed by atoms with Gasteiger partial charge in [0.1, 0.15) is 0 Å². The molecule has 1 fully saturated rings. The first-order chi connectivity index (χ1) is 12.4. The number of imide groups is 4. The van der Waals surface area contributed by atoms with Crippen molar-refractivity contribution in [2.75, 3.05) is 0 Å². The predicted octanol–water partition coefficient (Wildman–Crippen LogP) is 2.86. The molecule has 0 radical (unpaired) electrons. The number of hydrogen-bond acceptors (Lipinski definition) is 4. The summed E-state index contributed by atoms with van der Waals surface area (Å²) >= 11 is 1.96. The number of nitrogens with zero attached hydrogens (tertiary/aromatic N) is 1. The van der Waals surface area contributed by atoms with Gasteiger partial charge in [-0.2, -0.15) is 4.90 Å². The number of urea groups is 1. The fourth-order valence-corrected chi connectivity index (χ4v) is 3.69. The van der Waals surface area contributed by atoms with Crippen molar-refractivity contribution in [3.8, 4) is 0 Å². The number of rotatable bonds is 3. The minimum atomic E-state index is -1.62. The third-order valence-corrected chi connectivity index (χ3v) is 5.42. The molecule has 5 amide bonds. The molecule has 1 heterocycles. The summed E-state index contributed by atoms with van der Waals surface area (Å²) in [4.78, 5) is 51.7. The fourth-order valence-electron chi connectivity index (χ4n) is 3.07. The van der Waals surface area contributed by atoms with Crippen LogP contribution in [0.15, 0.2) is 54.6 Å². The van der Waals surface area contributed by atoms with Gasteiger partial charge in [0.25, 0.3) is 11.8 Å². The average molecular weight is 462 g/mol. The molecule has 0 unspecified atom stereocenters. The monoisotopic (exact) mass is 462 g/mol. The Labute approximate surface area is 163 Å². The maximum Gasteiger partial charge on any atom is 0.338 e. The van der Waals surface area contributed by atoms with Gasteiger partial charge in [0.05, 0.1) is 5.56 Å². The van der Waals surface area contributed by atoms with E-state index in [9.17, 15) is 19.2 Å². The molecule has 1 atom stereocenters. The number of halogens is 1. The van der Waals surface area contributed by atoms with Gasteiger partial charge >= 0.3 is 6.03 Å². The Balaban J connectivity index is 2.12. The second-order valence-corrected chi connectivity index (χ2v) is 6.97. The summed E-state index contributed by atoms with van der Waals surface area (Å²) in [5.41, 5.74) is -0.951. The van der Waals surface area contributed by atoms with Gasteiger partial charge < -0.3 is 0 Å². The molecule has 6 nitrogen and oxygen atoms in total. The molecular weight excluding hydrogens is 447 g/mol. The molecule has 1 aliphatic heterocycles. The highest BCUT2D eigenvalue weighted by Gasteiger charge is 2.55. The van der Waals surface area contributed by atoms with Crippen LogP contribution in [-0.4, -0.2) is 28.7 Å². The van der Waals surface area contributed by atoms with Crippen LogP contribution in [0.5, 0.6) is 0 Å². The smallest absolute Gasteiger partial charge is 0.276 e. The first kappa shape index (κ1) is 18.2. The molecule has 0 aromatic heterocycles. The largest absolute Gasteiger partial charge is 0.338 e. The van der Waals surface area contributed by atoms with Gasteiger partial charge in [0.2, 0.25) is 5.91 Å². The third-order valence-electron chi connectivity index (χ3n) is 4.48. The second kappa shape index (κ2) is 6.99. The zero-order valence-electron chi connectivity index (χ0n) is 13.9. The van der Waals surface area contributed by atoms with Gasteiger partial charge in [-0.3, -0.25) is 19.7 Å². The van der Waals surface area contributed by atoms with Crippen LogP contribution in [-0.2, 0) is 15.0 Å². The zero-order valence-corrected chi connectivity index (χ0v) is 16.0. The lowest BCUT2D eigenvalue weighted by molar-refractivity contribution is -0.143. The first-order valence-corrected chi connectivity index (χ1v) is 9.05. The Morgan fingerprint density at radius 2 is 1.65 bits per heavy atom. The third kappa shape index (κ3) is 2.72. The quantitative estimate of drug-likeness (QED) is 0.432. The summed E-state index contributed by atoms with van der Waals surface area (Å²) in [7, 11) is 0. The van der Waals surface area contributed by atoms with Crippen molar-refractivity contribution in [2.45, 2.75) is 18.8 Å². The van der Waals surface area contributed by atoms with Crippen LogP contribution in [0.1, 0.15) is 29.3 Å². The maximum atomic E-state index is 13.2. The van der Waals surface area contributed by atoms with Gasteiger partial charge in [-0.15, -0.1) is 0 Å². The first-order valence-electron chi connectivity index (χ1n) is 7.97. The Hall–Kier alpha value is -2.55. The van der Waals surface area contributed by atoms with E-state index in [2.05, 4.69) is 5.32 Å². The average Bonchev–Trinajstić information content (AvgIpc) is 2.63.